The number of aliphatic carboxylic acids is 1. The molecule has 0 amide bonds. The van der Waals surface area contributed by atoms with Gasteiger partial charge in [0.1, 0.15) is 6.61 Å². The van der Waals surface area contributed by atoms with Crippen molar-refractivity contribution in [1.29, 1.82) is 0 Å². The Labute approximate surface area is 129 Å². The van der Waals surface area contributed by atoms with Gasteiger partial charge < -0.3 is 19.7 Å². The summed E-state index contributed by atoms with van der Waals surface area (Å²) in [5.74, 6) is -2.19. The van der Waals surface area contributed by atoms with Crippen LogP contribution in [0.5, 0.6) is 0 Å². The summed E-state index contributed by atoms with van der Waals surface area (Å²) in [6.07, 6.45) is 4.75. The Hall–Kier alpha value is -2.41. The molecule has 0 aromatic rings. The van der Waals surface area contributed by atoms with Gasteiger partial charge in [-0.1, -0.05) is 26.5 Å². The highest BCUT2D eigenvalue weighted by Crippen LogP contribution is 1.98. The van der Waals surface area contributed by atoms with Crippen LogP contribution < -0.4 is 0 Å². The van der Waals surface area contributed by atoms with Gasteiger partial charge in [-0.25, -0.2) is 14.4 Å². The number of esters is 2. The predicted octanol–water partition coefficient (Wildman–Crippen LogP) is 1.23. The number of aliphatic hydroxyl groups excluding tert-OH is 1. The molecule has 0 unspecified atom stereocenters. The molecule has 0 heterocycles. The molecule has 0 fully saturated rings. The Morgan fingerprint density at radius 3 is 2.23 bits per heavy atom. The van der Waals surface area contributed by atoms with Crippen LogP contribution in [0.2, 0.25) is 0 Å². The fourth-order valence-electron chi connectivity index (χ4n) is 0.847. The van der Waals surface area contributed by atoms with E-state index in [1.807, 2.05) is 6.92 Å². The highest BCUT2D eigenvalue weighted by atomic mass is 16.5. The summed E-state index contributed by atoms with van der Waals surface area (Å²) in [6, 6.07) is 0. The third-order valence-corrected chi connectivity index (χ3v) is 1.92. The van der Waals surface area contributed by atoms with E-state index in [1.165, 1.54) is 0 Å². The van der Waals surface area contributed by atoms with Crippen molar-refractivity contribution in [1.82, 2.24) is 0 Å². The van der Waals surface area contributed by atoms with E-state index in [-0.39, 0.29) is 18.8 Å². The van der Waals surface area contributed by atoms with Crippen LogP contribution in [0.3, 0.4) is 0 Å². The summed E-state index contributed by atoms with van der Waals surface area (Å²) in [5, 5.41) is 16.4. The zero-order valence-electron chi connectivity index (χ0n) is 12.6. The predicted molar refractivity (Wildman–Crippen MR) is 80.0 cm³/mol. The molecule has 0 saturated carbocycles. The van der Waals surface area contributed by atoms with E-state index in [0.29, 0.717) is 6.61 Å². The van der Waals surface area contributed by atoms with Gasteiger partial charge in [-0.2, -0.15) is 0 Å². The Kier molecular flexibility index (Phi) is 14.9. The number of carbonyl (C=O) groups is 3. The SMILES string of the molecule is C=C(C=CC(=O)O)C(=O)OCCCC.C=CC(=O)OCCO. The van der Waals surface area contributed by atoms with E-state index in [4.69, 9.17) is 14.9 Å². The average Bonchev–Trinajstić information content (AvgIpc) is 2.50. The highest BCUT2D eigenvalue weighted by Gasteiger charge is 2.04. The number of rotatable bonds is 9. The number of ether oxygens (including phenoxy) is 2. The molecular formula is C15H22O7. The Morgan fingerprint density at radius 2 is 1.77 bits per heavy atom. The van der Waals surface area contributed by atoms with Crippen LogP contribution in [-0.4, -0.2) is 47.9 Å². The molecule has 0 bridgehead atoms. The molecule has 0 saturated heterocycles. The normalized spacial score (nSPS) is 9.36. The molecule has 124 valence electrons. The number of aliphatic hydroxyl groups is 1. The van der Waals surface area contributed by atoms with E-state index in [9.17, 15) is 14.4 Å². The van der Waals surface area contributed by atoms with Gasteiger partial charge in [-0.05, 0) is 12.5 Å². The van der Waals surface area contributed by atoms with Gasteiger partial charge >= 0.3 is 17.9 Å². The first kappa shape index (κ1) is 21.9. The van der Waals surface area contributed by atoms with Crippen LogP contribution in [0.25, 0.3) is 0 Å². The lowest BCUT2D eigenvalue weighted by Gasteiger charge is -2.02. The number of carboxylic acids is 1. The molecule has 0 aliphatic heterocycles. The van der Waals surface area contributed by atoms with E-state index >= 15 is 0 Å². The Balaban J connectivity index is 0. The number of carbonyl (C=O) groups excluding carboxylic acids is 2. The van der Waals surface area contributed by atoms with Gasteiger partial charge in [0.05, 0.1) is 18.8 Å². The van der Waals surface area contributed by atoms with Crippen LogP contribution in [0, 0.1) is 0 Å². The molecule has 0 aliphatic carbocycles. The highest BCUT2D eigenvalue weighted by molar-refractivity contribution is 5.93. The van der Waals surface area contributed by atoms with E-state index in [2.05, 4.69) is 17.9 Å². The van der Waals surface area contributed by atoms with Crippen LogP contribution in [-0.2, 0) is 23.9 Å². The molecule has 0 atom stereocenters. The van der Waals surface area contributed by atoms with Crippen molar-refractivity contribution in [2.75, 3.05) is 19.8 Å². The van der Waals surface area contributed by atoms with Crippen LogP contribution in [0.4, 0.5) is 0 Å². The van der Waals surface area contributed by atoms with Gasteiger partial charge in [-0.3, -0.25) is 0 Å². The van der Waals surface area contributed by atoms with E-state index in [0.717, 1.165) is 31.1 Å². The van der Waals surface area contributed by atoms with Crippen LogP contribution >= 0.6 is 0 Å². The summed E-state index contributed by atoms with van der Waals surface area (Å²) < 4.78 is 9.13. The smallest absolute Gasteiger partial charge is 0.337 e. The van der Waals surface area contributed by atoms with Crippen molar-refractivity contribution < 1.29 is 34.1 Å². The minimum absolute atomic E-state index is 0.0449. The first-order chi connectivity index (χ1) is 10.4. The van der Waals surface area contributed by atoms with E-state index in [1.54, 1.807) is 0 Å². The number of hydrogen-bond acceptors (Lipinski definition) is 6. The molecule has 7 nitrogen and oxygen atoms in total. The first-order valence-electron chi connectivity index (χ1n) is 6.56. The molecule has 7 heteroatoms. The molecule has 0 aliphatic rings. The maximum Gasteiger partial charge on any atom is 0.337 e. The zero-order valence-corrected chi connectivity index (χ0v) is 12.6. The molecule has 0 radical (unpaired) electrons. The van der Waals surface area contributed by atoms with Gasteiger partial charge in [0.15, 0.2) is 0 Å². The third kappa shape index (κ3) is 15.6. The second-order valence-electron chi connectivity index (χ2n) is 3.78. The maximum absolute atomic E-state index is 11.1. The van der Waals surface area contributed by atoms with Crippen LogP contribution in [0.1, 0.15) is 19.8 Å². The maximum atomic E-state index is 11.1. The van der Waals surface area contributed by atoms with Crippen molar-refractivity contribution in [2.24, 2.45) is 0 Å². The Morgan fingerprint density at radius 1 is 1.14 bits per heavy atom. The Bertz CT molecular complexity index is 410. The lowest BCUT2D eigenvalue weighted by atomic mass is 10.3. The van der Waals surface area contributed by atoms with Crippen molar-refractivity contribution in [2.45, 2.75) is 19.8 Å². The first-order valence-corrected chi connectivity index (χ1v) is 6.56. The molecule has 22 heavy (non-hydrogen) atoms. The fourth-order valence-corrected chi connectivity index (χ4v) is 0.847. The van der Waals surface area contributed by atoms with Gasteiger partial charge in [0.2, 0.25) is 0 Å². The molecule has 0 spiro atoms. The zero-order chi connectivity index (χ0) is 17.4. The number of hydrogen-bond donors (Lipinski definition) is 2. The van der Waals surface area contributed by atoms with E-state index < -0.39 is 17.9 Å². The second kappa shape index (κ2) is 15.0. The summed E-state index contributed by atoms with van der Waals surface area (Å²) in [7, 11) is 0. The molecule has 0 aromatic heterocycles. The van der Waals surface area contributed by atoms with Crippen molar-refractivity contribution >= 4 is 17.9 Å². The minimum atomic E-state index is -1.12. The molecule has 2 N–H and O–H groups in total. The summed E-state index contributed by atoms with van der Waals surface area (Å²) in [5.41, 5.74) is 0.0449. The number of carboxylic acid groups (broad SMARTS) is 1. The average molecular weight is 314 g/mol. The molecule has 0 aromatic carbocycles. The van der Waals surface area contributed by atoms with Crippen molar-refractivity contribution in [3.05, 3.63) is 37.0 Å². The number of unbranched alkanes of at least 4 members (excludes halogenated alkanes) is 1. The minimum Gasteiger partial charge on any atom is -0.478 e. The summed E-state index contributed by atoms with van der Waals surface area (Å²) in [6.45, 7) is 8.77. The standard InChI is InChI=1S/C10H14O4.C5H8O3/c1-3-4-7-14-10(13)8(2)5-6-9(11)12;1-2-5(7)8-4-3-6/h5-6H,2-4,7H2,1H3,(H,11,12);2,6H,1,3-4H2. The van der Waals surface area contributed by atoms with Gasteiger partial charge in [-0.15, -0.1) is 0 Å². The van der Waals surface area contributed by atoms with Gasteiger partial charge in [0, 0.05) is 12.2 Å². The lowest BCUT2D eigenvalue weighted by Crippen LogP contribution is -2.07. The second-order valence-corrected chi connectivity index (χ2v) is 3.78. The largest absolute Gasteiger partial charge is 0.478 e. The topological polar surface area (TPSA) is 110 Å². The summed E-state index contributed by atoms with van der Waals surface area (Å²) >= 11 is 0. The quantitative estimate of drug-likeness (QED) is 0.285. The van der Waals surface area contributed by atoms with Crippen molar-refractivity contribution in [3.63, 3.8) is 0 Å². The van der Waals surface area contributed by atoms with Crippen LogP contribution in [0.15, 0.2) is 37.0 Å². The molecule has 0 rings (SSSR count). The lowest BCUT2D eigenvalue weighted by molar-refractivity contribution is -0.139. The summed E-state index contributed by atoms with van der Waals surface area (Å²) in [4.78, 5) is 31.3. The monoisotopic (exact) mass is 314 g/mol. The third-order valence-electron chi connectivity index (χ3n) is 1.92. The van der Waals surface area contributed by atoms with Crippen molar-refractivity contribution in [3.8, 4) is 0 Å². The van der Waals surface area contributed by atoms with Gasteiger partial charge in [0.25, 0.3) is 0 Å². The fraction of sp³-hybridized carbons (Fsp3) is 0.400. The molecular weight excluding hydrogens is 292 g/mol.